The zero-order chi connectivity index (χ0) is 19.3. The lowest BCUT2D eigenvalue weighted by molar-refractivity contribution is -0.146. The van der Waals surface area contributed by atoms with E-state index in [1.807, 2.05) is 26.0 Å². The third kappa shape index (κ3) is 5.61. The van der Waals surface area contributed by atoms with Crippen LogP contribution in [0.4, 0.5) is 18.9 Å². The quantitative estimate of drug-likeness (QED) is 0.814. The number of anilines is 1. The van der Waals surface area contributed by atoms with Gasteiger partial charge in [-0.15, -0.1) is 0 Å². The molecule has 2 aromatic carbocycles. The number of carbonyl (C=O) groups is 2. The van der Waals surface area contributed by atoms with Crippen molar-refractivity contribution in [3.63, 3.8) is 0 Å². The summed E-state index contributed by atoms with van der Waals surface area (Å²) in [6.45, 7) is 3.20. The van der Waals surface area contributed by atoms with Crippen LogP contribution in [-0.2, 0) is 26.9 Å². The molecule has 0 aliphatic rings. The number of carbonyl (C=O) groups excluding carboxylic acids is 2. The maximum atomic E-state index is 12.7. The molecule has 0 aromatic heterocycles. The van der Waals surface area contributed by atoms with Gasteiger partial charge in [0.25, 0.3) is 5.91 Å². The molecule has 0 radical (unpaired) electrons. The molecule has 0 heterocycles. The summed E-state index contributed by atoms with van der Waals surface area (Å²) in [4.78, 5) is 23.6. The molecule has 0 aliphatic carbocycles. The third-order valence-electron chi connectivity index (χ3n) is 3.63. The van der Waals surface area contributed by atoms with Crippen LogP contribution in [0.2, 0.25) is 0 Å². The molecule has 0 atom stereocenters. The van der Waals surface area contributed by atoms with E-state index in [0.29, 0.717) is 5.69 Å². The first kappa shape index (κ1) is 19.5. The number of hydrogen-bond donors (Lipinski definition) is 1. The van der Waals surface area contributed by atoms with Gasteiger partial charge in [0, 0.05) is 5.69 Å². The van der Waals surface area contributed by atoms with Gasteiger partial charge >= 0.3 is 12.1 Å². The summed E-state index contributed by atoms with van der Waals surface area (Å²) in [6, 6.07) is 9.97. The van der Waals surface area contributed by atoms with E-state index in [0.717, 1.165) is 23.3 Å². The van der Waals surface area contributed by atoms with E-state index >= 15 is 0 Å². The Balaban J connectivity index is 1.89. The summed E-state index contributed by atoms with van der Waals surface area (Å²) < 4.78 is 42.8. The minimum Gasteiger partial charge on any atom is -0.455 e. The zero-order valence-electron chi connectivity index (χ0n) is 14.3. The van der Waals surface area contributed by atoms with Crippen LogP contribution >= 0.6 is 0 Å². The topological polar surface area (TPSA) is 55.4 Å². The molecule has 1 N–H and O–H groups in total. The molecular weight excluding hydrogens is 347 g/mol. The van der Waals surface area contributed by atoms with Gasteiger partial charge in [-0.2, -0.15) is 13.2 Å². The van der Waals surface area contributed by atoms with Gasteiger partial charge in [-0.3, -0.25) is 9.59 Å². The highest BCUT2D eigenvalue weighted by molar-refractivity contribution is 5.93. The minimum atomic E-state index is -4.48. The first-order valence-electron chi connectivity index (χ1n) is 7.84. The second kappa shape index (κ2) is 8.03. The number of esters is 1. The first-order valence-corrected chi connectivity index (χ1v) is 7.84. The molecule has 0 unspecified atom stereocenters. The van der Waals surface area contributed by atoms with Crippen LogP contribution in [0.1, 0.15) is 22.3 Å². The van der Waals surface area contributed by atoms with Crippen molar-refractivity contribution in [2.24, 2.45) is 0 Å². The number of amides is 1. The van der Waals surface area contributed by atoms with Gasteiger partial charge < -0.3 is 10.1 Å². The Morgan fingerprint density at radius 3 is 2.50 bits per heavy atom. The fourth-order valence-corrected chi connectivity index (χ4v) is 2.28. The molecule has 1 amide bonds. The Labute approximate surface area is 149 Å². The number of hydrogen-bond acceptors (Lipinski definition) is 3. The lowest BCUT2D eigenvalue weighted by Crippen LogP contribution is -2.22. The Hall–Kier alpha value is -2.83. The summed E-state index contributed by atoms with van der Waals surface area (Å²) in [5, 5.41) is 2.63. The van der Waals surface area contributed by atoms with Crippen LogP contribution in [0.25, 0.3) is 0 Å². The van der Waals surface area contributed by atoms with Crippen molar-refractivity contribution < 1.29 is 27.5 Å². The van der Waals surface area contributed by atoms with E-state index in [2.05, 4.69) is 5.32 Å². The molecule has 26 heavy (non-hydrogen) atoms. The van der Waals surface area contributed by atoms with Crippen LogP contribution in [-0.4, -0.2) is 18.5 Å². The van der Waals surface area contributed by atoms with Gasteiger partial charge in [0.05, 0.1) is 12.0 Å². The van der Waals surface area contributed by atoms with Crippen molar-refractivity contribution in [2.45, 2.75) is 26.4 Å². The minimum absolute atomic E-state index is 0.166. The number of nitrogens with one attached hydrogen (secondary N) is 1. The molecule has 0 spiro atoms. The molecule has 4 nitrogen and oxygen atoms in total. The second-order valence-corrected chi connectivity index (χ2v) is 5.90. The van der Waals surface area contributed by atoms with Crippen molar-refractivity contribution >= 4 is 17.6 Å². The number of aryl methyl sites for hydroxylation is 2. The molecular formula is C19H18F3NO3. The highest BCUT2D eigenvalue weighted by Crippen LogP contribution is 2.29. The average Bonchev–Trinajstić information content (AvgIpc) is 2.56. The molecule has 7 heteroatoms. The van der Waals surface area contributed by atoms with E-state index < -0.39 is 30.2 Å². The molecule has 0 bridgehead atoms. The van der Waals surface area contributed by atoms with Crippen LogP contribution in [0, 0.1) is 13.8 Å². The van der Waals surface area contributed by atoms with Crippen LogP contribution in [0.15, 0.2) is 42.5 Å². The predicted octanol–water partition coefficient (Wildman–Crippen LogP) is 4.05. The standard InChI is InChI=1S/C19H18F3NO3/c1-12-6-7-13(2)16(8-12)23-17(24)11-26-18(25)10-14-4-3-5-15(9-14)19(20,21)22/h3-9H,10-11H2,1-2H3,(H,23,24). The maximum absolute atomic E-state index is 12.7. The Morgan fingerprint density at radius 1 is 1.08 bits per heavy atom. The van der Waals surface area contributed by atoms with Gasteiger partial charge in [0.15, 0.2) is 6.61 Å². The van der Waals surface area contributed by atoms with E-state index in [1.165, 1.54) is 12.1 Å². The number of ether oxygens (including phenoxy) is 1. The fourth-order valence-electron chi connectivity index (χ4n) is 2.28. The van der Waals surface area contributed by atoms with Crippen molar-refractivity contribution in [1.82, 2.24) is 0 Å². The molecule has 0 aliphatic heterocycles. The van der Waals surface area contributed by atoms with E-state index in [9.17, 15) is 22.8 Å². The van der Waals surface area contributed by atoms with Gasteiger partial charge in [-0.25, -0.2) is 0 Å². The largest absolute Gasteiger partial charge is 0.455 e. The average molecular weight is 365 g/mol. The predicted molar refractivity (Wildman–Crippen MR) is 90.7 cm³/mol. The molecule has 2 aromatic rings. The third-order valence-corrected chi connectivity index (χ3v) is 3.63. The molecule has 138 valence electrons. The summed E-state index contributed by atoms with van der Waals surface area (Å²) in [5.74, 6) is -1.29. The molecule has 0 saturated heterocycles. The Bertz CT molecular complexity index is 816. The van der Waals surface area contributed by atoms with Gasteiger partial charge in [-0.05, 0) is 42.7 Å². The maximum Gasteiger partial charge on any atom is 0.416 e. The van der Waals surface area contributed by atoms with E-state index in [1.54, 1.807) is 6.07 Å². The monoisotopic (exact) mass is 365 g/mol. The van der Waals surface area contributed by atoms with Crippen molar-refractivity contribution in [3.05, 3.63) is 64.7 Å². The summed E-state index contributed by atoms with van der Waals surface area (Å²) in [5.41, 5.74) is 1.77. The van der Waals surface area contributed by atoms with Gasteiger partial charge in [0.1, 0.15) is 0 Å². The molecule has 0 saturated carbocycles. The SMILES string of the molecule is Cc1ccc(C)c(NC(=O)COC(=O)Cc2cccc(C(F)(F)F)c2)c1. The smallest absolute Gasteiger partial charge is 0.416 e. The van der Waals surface area contributed by atoms with E-state index in [-0.39, 0.29) is 12.0 Å². The highest BCUT2D eigenvalue weighted by Gasteiger charge is 2.30. The number of halogens is 3. The number of rotatable bonds is 5. The van der Waals surface area contributed by atoms with Crippen LogP contribution in [0.5, 0.6) is 0 Å². The van der Waals surface area contributed by atoms with Crippen molar-refractivity contribution in [3.8, 4) is 0 Å². The molecule has 2 rings (SSSR count). The van der Waals surface area contributed by atoms with Gasteiger partial charge in [0.2, 0.25) is 0 Å². The Morgan fingerprint density at radius 2 is 1.81 bits per heavy atom. The van der Waals surface area contributed by atoms with Crippen LogP contribution in [0.3, 0.4) is 0 Å². The van der Waals surface area contributed by atoms with Crippen molar-refractivity contribution in [1.29, 1.82) is 0 Å². The lowest BCUT2D eigenvalue weighted by Gasteiger charge is -2.10. The first-order chi connectivity index (χ1) is 12.1. The highest BCUT2D eigenvalue weighted by atomic mass is 19.4. The number of alkyl halides is 3. The molecule has 0 fully saturated rings. The zero-order valence-corrected chi connectivity index (χ0v) is 14.3. The van der Waals surface area contributed by atoms with Crippen molar-refractivity contribution in [2.75, 3.05) is 11.9 Å². The summed E-state index contributed by atoms with van der Waals surface area (Å²) in [7, 11) is 0. The van der Waals surface area contributed by atoms with E-state index in [4.69, 9.17) is 4.74 Å². The van der Waals surface area contributed by atoms with Gasteiger partial charge in [-0.1, -0.05) is 30.3 Å². The second-order valence-electron chi connectivity index (χ2n) is 5.90. The fraction of sp³-hybridized carbons (Fsp3) is 0.263. The lowest BCUT2D eigenvalue weighted by atomic mass is 10.1. The summed E-state index contributed by atoms with van der Waals surface area (Å²) in [6.07, 6.45) is -4.83. The Kier molecular flexibility index (Phi) is 6.02. The van der Waals surface area contributed by atoms with Crippen LogP contribution < -0.4 is 5.32 Å². The normalized spacial score (nSPS) is 11.1. The number of benzene rings is 2. The summed E-state index contributed by atoms with van der Waals surface area (Å²) >= 11 is 0.